The molecule has 1 aromatic carbocycles. The highest BCUT2D eigenvalue weighted by atomic mass is 16.1. The van der Waals surface area contributed by atoms with Gasteiger partial charge in [-0.15, -0.1) is 0 Å². The van der Waals surface area contributed by atoms with Gasteiger partial charge in [-0.05, 0) is 37.6 Å². The van der Waals surface area contributed by atoms with Crippen LogP contribution in [0.3, 0.4) is 0 Å². The predicted molar refractivity (Wildman–Crippen MR) is 98.2 cm³/mol. The third-order valence-electron chi connectivity index (χ3n) is 5.92. The monoisotopic (exact) mass is 331 g/mol. The van der Waals surface area contributed by atoms with Crippen LogP contribution in [-0.2, 0) is 0 Å². The van der Waals surface area contributed by atoms with E-state index in [9.17, 15) is 4.79 Å². The Morgan fingerprint density at radius 1 is 1.08 bits per heavy atom. The smallest absolute Gasteiger partial charge is 0.159 e. The molecule has 132 valence electrons. The second-order valence-corrected chi connectivity index (χ2v) is 7.52. The Morgan fingerprint density at radius 2 is 1.71 bits per heavy atom. The van der Waals surface area contributed by atoms with Crippen LogP contribution in [0.1, 0.15) is 43.5 Å². The topological polar surface area (TPSA) is 29.2 Å². The van der Waals surface area contributed by atoms with Crippen molar-refractivity contribution in [3.63, 3.8) is 0 Å². The number of piperazine rings is 1. The third-order valence-corrected chi connectivity index (χ3v) is 5.92. The number of anilines is 1. The fraction of sp³-hybridized carbons (Fsp3) is 0.650. The molecule has 2 aliphatic heterocycles. The number of nitrogens with zero attached hydrogens (tertiary/aromatic N) is 1. The van der Waals surface area contributed by atoms with Crippen molar-refractivity contribution in [1.82, 2.24) is 0 Å². The number of carbonyl (C=O) groups is 1. The standard InChI is InChI=1S/C20H31N3O/c1-3-10-21-11-8-20(9-12-21)23-15-13-22(14-16-23)19-6-4-18(5-7-19)17(2)24/h4-7,20H,3,8-16H2,1-2H3/p+2. The van der Waals surface area contributed by atoms with Gasteiger partial charge in [-0.2, -0.15) is 0 Å². The third kappa shape index (κ3) is 4.17. The van der Waals surface area contributed by atoms with E-state index in [2.05, 4.69) is 24.0 Å². The molecule has 1 aromatic rings. The maximum absolute atomic E-state index is 11.4. The predicted octanol–water partition coefficient (Wildman–Crippen LogP) is 0.0514. The van der Waals surface area contributed by atoms with E-state index in [4.69, 9.17) is 0 Å². The highest BCUT2D eigenvalue weighted by Gasteiger charge is 2.32. The van der Waals surface area contributed by atoms with Crippen LogP contribution in [0.15, 0.2) is 24.3 Å². The first-order valence-corrected chi connectivity index (χ1v) is 9.71. The van der Waals surface area contributed by atoms with Crippen molar-refractivity contribution in [2.75, 3.05) is 50.7 Å². The number of Topliss-reactive ketones (excluding diaryl/α,β-unsaturated/α-hetero) is 1. The molecule has 0 aromatic heterocycles. The number of piperidine rings is 1. The Balaban J connectivity index is 1.48. The SMILES string of the molecule is CCC[NH+]1CCC([NH+]2CCN(c3ccc(C(C)=O)cc3)CC2)CC1. The zero-order valence-electron chi connectivity index (χ0n) is 15.3. The van der Waals surface area contributed by atoms with Crippen molar-refractivity contribution in [3.05, 3.63) is 29.8 Å². The molecule has 4 nitrogen and oxygen atoms in total. The van der Waals surface area contributed by atoms with Crippen molar-refractivity contribution in [2.45, 2.75) is 39.2 Å². The van der Waals surface area contributed by atoms with Crippen LogP contribution in [0, 0.1) is 0 Å². The van der Waals surface area contributed by atoms with E-state index in [0.717, 1.165) is 24.7 Å². The van der Waals surface area contributed by atoms with Crippen LogP contribution < -0.4 is 14.7 Å². The molecular formula is C20H33N3O+2. The van der Waals surface area contributed by atoms with Crippen LogP contribution in [0.5, 0.6) is 0 Å². The van der Waals surface area contributed by atoms with Gasteiger partial charge in [0.05, 0.1) is 51.9 Å². The molecule has 0 atom stereocenters. The lowest BCUT2D eigenvalue weighted by Gasteiger charge is -2.39. The molecular weight excluding hydrogens is 298 g/mol. The number of hydrogen-bond acceptors (Lipinski definition) is 2. The fourth-order valence-corrected chi connectivity index (χ4v) is 4.41. The minimum absolute atomic E-state index is 0.146. The van der Waals surface area contributed by atoms with Crippen molar-refractivity contribution in [3.8, 4) is 0 Å². The second-order valence-electron chi connectivity index (χ2n) is 7.52. The minimum Gasteiger partial charge on any atom is -0.360 e. The summed E-state index contributed by atoms with van der Waals surface area (Å²) in [6.07, 6.45) is 4.11. The van der Waals surface area contributed by atoms with Crippen LogP contribution in [0.2, 0.25) is 0 Å². The molecule has 24 heavy (non-hydrogen) atoms. The molecule has 2 saturated heterocycles. The van der Waals surface area contributed by atoms with Gasteiger partial charge in [-0.3, -0.25) is 4.79 Å². The number of hydrogen-bond donors (Lipinski definition) is 2. The van der Waals surface area contributed by atoms with Gasteiger partial charge in [-0.1, -0.05) is 6.92 Å². The summed E-state index contributed by atoms with van der Waals surface area (Å²) in [6, 6.07) is 9.02. The number of carbonyl (C=O) groups excluding carboxylic acids is 1. The first-order valence-electron chi connectivity index (χ1n) is 9.71. The van der Waals surface area contributed by atoms with Gasteiger partial charge in [0.15, 0.2) is 5.78 Å². The lowest BCUT2D eigenvalue weighted by Crippen LogP contribution is -3.22. The molecule has 2 aliphatic rings. The summed E-state index contributed by atoms with van der Waals surface area (Å²) >= 11 is 0. The average molecular weight is 332 g/mol. The van der Waals surface area contributed by atoms with Crippen molar-refractivity contribution >= 4 is 11.5 Å². The van der Waals surface area contributed by atoms with E-state index in [-0.39, 0.29) is 5.78 Å². The summed E-state index contributed by atoms with van der Waals surface area (Å²) in [6.45, 7) is 12.8. The van der Waals surface area contributed by atoms with Crippen molar-refractivity contribution in [1.29, 1.82) is 0 Å². The van der Waals surface area contributed by atoms with E-state index in [1.165, 1.54) is 57.7 Å². The number of benzene rings is 1. The summed E-state index contributed by atoms with van der Waals surface area (Å²) in [5.41, 5.74) is 2.07. The van der Waals surface area contributed by atoms with Crippen LogP contribution in [0.4, 0.5) is 5.69 Å². The molecule has 0 bridgehead atoms. The quantitative estimate of drug-likeness (QED) is 0.747. The molecule has 0 aliphatic carbocycles. The molecule has 0 unspecified atom stereocenters. The molecule has 0 radical (unpaired) electrons. The molecule has 3 rings (SSSR count). The lowest BCUT2D eigenvalue weighted by molar-refractivity contribution is -0.958. The van der Waals surface area contributed by atoms with E-state index in [1.54, 1.807) is 6.92 Å². The lowest BCUT2D eigenvalue weighted by atomic mass is 10.0. The average Bonchev–Trinajstić information content (AvgIpc) is 2.63. The van der Waals surface area contributed by atoms with Crippen molar-refractivity contribution in [2.24, 2.45) is 0 Å². The van der Waals surface area contributed by atoms with E-state index in [1.807, 2.05) is 21.9 Å². The Labute approximate surface area is 146 Å². The normalized spacial score (nSPS) is 25.7. The number of nitrogens with one attached hydrogen (secondary N) is 2. The second kappa shape index (κ2) is 8.13. The van der Waals surface area contributed by atoms with Gasteiger partial charge in [-0.25, -0.2) is 0 Å². The number of rotatable bonds is 5. The van der Waals surface area contributed by atoms with Gasteiger partial charge in [0.2, 0.25) is 0 Å². The van der Waals surface area contributed by atoms with Gasteiger partial charge in [0.25, 0.3) is 0 Å². The Hall–Kier alpha value is -1.39. The van der Waals surface area contributed by atoms with Crippen LogP contribution in [-0.4, -0.2) is 57.6 Å². The number of quaternary nitrogens is 2. The Kier molecular flexibility index (Phi) is 5.90. The van der Waals surface area contributed by atoms with E-state index in [0.29, 0.717) is 0 Å². The van der Waals surface area contributed by atoms with Gasteiger partial charge in [0.1, 0.15) is 0 Å². The first kappa shape index (κ1) is 17.4. The summed E-state index contributed by atoms with van der Waals surface area (Å²) in [4.78, 5) is 17.5. The fourth-order valence-electron chi connectivity index (χ4n) is 4.41. The van der Waals surface area contributed by atoms with E-state index < -0.39 is 0 Å². The molecule has 0 spiro atoms. The first-order chi connectivity index (χ1) is 11.7. The van der Waals surface area contributed by atoms with E-state index >= 15 is 0 Å². The Bertz CT molecular complexity index is 526. The number of likely N-dealkylation sites (tertiary alicyclic amines) is 1. The summed E-state index contributed by atoms with van der Waals surface area (Å²) in [5.74, 6) is 0.146. The van der Waals surface area contributed by atoms with Gasteiger partial charge >= 0.3 is 0 Å². The number of ketones is 1. The maximum Gasteiger partial charge on any atom is 0.159 e. The Morgan fingerprint density at radius 3 is 2.25 bits per heavy atom. The van der Waals surface area contributed by atoms with Crippen molar-refractivity contribution < 1.29 is 14.6 Å². The molecule has 2 heterocycles. The molecule has 0 amide bonds. The van der Waals surface area contributed by atoms with Crippen LogP contribution >= 0.6 is 0 Å². The maximum atomic E-state index is 11.4. The van der Waals surface area contributed by atoms with Crippen LogP contribution in [0.25, 0.3) is 0 Å². The highest BCUT2D eigenvalue weighted by Crippen LogP contribution is 2.15. The zero-order chi connectivity index (χ0) is 16.9. The molecule has 0 saturated carbocycles. The molecule has 2 fully saturated rings. The van der Waals surface area contributed by atoms with Gasteiger partial charge < -0.3 is 14.7 Å². The zero-order valence-corrected chi connectivity index (χ0v) is 15.3. The largest absolute Gasteiger partial charge is 0.360 e. The molecule has 4 heteroatoms. The highest BCUT2D eigenvalue weighted by molar-refractivity contribution is 5.94. The van der Waals surface area contributed by atoms with Gasteiger partial charge in [0, 0.05) is 24.1 Å². The molecule has 2 N–H and O–H groups in total. The summed E-state index contributed by atoms with van der Waals surface area (Å²) in [5, 5.41) is 0. The minimum atomic E-state index is 0.146. The summed E-state index contributed by atoms with van der Waals surface area (Å²) in [7, 11) is 0. The summed E-state index contributed by atoms with van der Waals surface area (Å²) < 4.78 is 0.